The molecule has 8 heteroatoms. The number of hydrogen-bond acceptors (Lipinski definition) is 8. The Kier molecular flexibility index (Phi) is 5.12. The SMILES string of the molecule is Cc1ccc(COc2nc(-c3csc(NC4=NCCCN4)n3)cs2)cc1. The molecule has 0 atom stereocenters. The summed E-state index contributed by atoms with van der Waals surface area (Å²) in [5, 5.41) is 11.9. The zero-order chi connectivity index (χ0) is 17.8. The van der Waals surface area contributed by atoms with Crippen molar-refractivity contribution >= 4 is 33.8 Å². The second kappa shape index (κ2) is 7.84. The van der Waals surface area contributed by atoms with Crippen LogP contribution in [0.25, 0.3) is 11.4 Å². The second-order valence-electron chi connectivity index (χ2n) is 5.95. The lowest BCUT2D eigenvalue weighted by Gasteiger charge is -2.13. The van der Waals surface area contributed by atoms with Crippen molar-refractivity contribution in [1.29, 1.82) is 0 Å². The van der Waals surface area contributed by atoms with E-state index >= 15 is 0 Å². The van der Waals surface area contributed by atoms with Crippen LogP contribution in [0.4, 0.5) is 5.13 Å². The van der Waals surface area contributed by atoms with Crippen molar-refractivity contribution in [3.63, 3.8) is 0 Å². The van der Waals surface area contributed by atoms with Crippen LogP contribution in [0, 0.1) is 6.92 Å². The van der Waals surface area contributed by atoms with E-state index in [1.165, 1.54) is 28.2 Å². The highest BCUT2D eigenvalue weighted by molar-refractivity contribution is 7.14. The topological polar surface area (TPSA) is 71.4 Å². The smallest absolute Gasteiger partial charge is 0.274 e. The van der Waals surface area contributed by atoms with Gasteiger partial charge in [-0.05, 0) is 18.9 Å². The zero-order valence-electron chi connectivity index (χ0n) is 14.4. The fourth-order valence-corrected chi connectivity index (χ4v) is 3.80. The molecule has 2 N–H and O–H groups in total. The Morgan fingerprint density at radius 3 is 2.73 bits per heavy atom. The quantitative estimate of drug-likeness (QED) is 0.697. The lowest BCUT2D eigenvalue weighted by Crippen LogP contribution is -2.35. The van der Waals surface area contributed by atoms with Gasteiger partial charge in [0.1, 0.15) is 18.0 Å². The van der Waals surface area contributed by atoms with Crippen molar-refractivity contribution in [2.45, 2.75) is 20.0 Å². The number of ether oxygens (including phenoxy) is 1. The summed E-state index contributed by atoms with van der Waals surface area (Å²) in [4.78, 5) is 13.5. The predicted octanol–water partition coefficient (Wildman–Crippen LogP) is 3.92. The normalized spacial score (nSPS) is 13.8. The molecule has 1 aliphatic heterocycles. The maximum Gasteiger partial charge on any atom is 0.274 e. The lowest BCUT2D eigenvalue weighted by molar-refractivity contribution is 0.305. The van der Waals surface area contributed by atoms with Crippen molar-refractivity contribution in [2.75, 3.05) is 18.4 Å². The third-order valence-electron chi connectivity index (χ3n) is 3.86. The Morgan fingerprint density at radius 1 is 1.12 bits per heavy atom. The fraction of sp³-hybridized carbons (Fsp3) is 0.278. The Balaban J connectivity index is 1.38. The van der Waals surface area contributed by atoms with Crippen molar-refractivity contribution in [1.82, 2.24) is 15.3 Å². The molecule has 0 aliphatic carbocycles. The first-order chi connectivity index (χ1) is 12.8. The summed E-state index contributed by atoms with van der Waals surface area (Å²) in [6, 6.07) is 8.32. The Bertz CT molecular complexity index is 900. The van der Waals surface area contributed by atoms with Gasteiger partial charge in [0.25, 0.3) is 5.19 Å². The molecule has 0 fully saturated rings. The van der Waals surface area contributed by atoms with Gasteiger partial charge in [-0.25, -0.2) is 9.97 Å². The number of benzene rings is 1. The standard InChI is InChI=1S/C18H19N5OS2/c1-12-3-5-13(6-4-12)9-24-18-22-15(11-26-18)14-10-25-17(21-14)23-16-19-7-2-8-20-16/h3-6,10-11H,2,7-9H2,1H3,(H2,19,20,21,23). The van der Waals surface area contributed by atoms with E-state index in [1.807, 2.05) is 10.8 Å². The molecule has 6 nitrogen and oxygen atoms in total. The summed E-state index contributed by atoms with van der Waals surface area (Å²) in [6.45, 7) is 4.38. The van der Waals surface area contributed by atoms with Crippen LogP contribution in [-0.4, -0.2) is 29.0 Å². The van der Waals surface area contributed by atoms with E-state index in [4.69, 9.17) is 4.74 Å². The minimum absolute atomic E-state index is 0.516. The number of thiazole rings is 2. The van der Waals surface area contributed by atoms with Crippen LogP contribution in [0.1, 0.15) is 17.5 Å². The summed E-state index contributed by atoms with van der Waals surface area (Å²) in [5.74, 6) is 0.789. The first kappa shape index (κ1) is 17.0. The molecule has 1 aliphatic rings. The first-order valence-electron chi connectivity index (χ1n) is 8.41. The van der Waals surface area contributed by atoms with Crippen LogP contribution in [0.15, 0.2) is 40.0 Å². The third-order valence-corrected chi connectivity index (χ3v) is 5.36. The van der Waals surface area contributed by atoms with Gasteiger partial charge < -0.3 is 15.4 Å². The third kappa shape index (κ3) is 4.20. The summed E-state index contributed by atoms with van der Waals surface area (Å²) in [5.41, 5.74) is 4.05. The first-order valence-corrected chi connectivity index (χ1v) is 10.2. The number of aromatic nitrogens is 2. The number of hydrogen-bond donors (Lipinski definition) is 2. The minimum Gasteiger partial charge on any atom is -0.465 e. The van der Waals surface area contributed by atoms with Gasteiger partial charge >= 0.3 is 0 Å². The summed E-state index contributed by atoms with van der Waals surface area (Å²) >= 11 is 3.03. The summed E-state index contributed by atoms with van der Waals surface area (Å²) < 4.78 is 5.80. The van der Waals surface area contributed by atoms with E-state index in [2.05, 4.69) is 56.8 Å². The monoisotopic (exact) mass is 385 g/mol. The van der Waals surface area contributed by atoms with Crippen LogP contribution >= 0.6 is 22.7 Å². The van der Waals surface area contributed by atoms with Gasteiger partial charge in [0.2, 0.25) is 0 Å². The van der Waals surface area contributed by atoms with Crippen molar-refractivity contribution in [3.8, 4) is 16.6 Å². The maximum absolute atomic E-state index is 5.80. The van der Waals surface area contributed by atoms with Crippen LogP contribution in [0.5, 0.6) is 5.19 Å². The summed E-state index contributed by atoms with van der Waals surface area (Å²) in [7, 11) is 0. The van der Waals surface area contributed by atoms with Gasteiger partial charge in [0.05, 0.1) is 0 Å². The van der Waals surface area contributed by atoms with Gasteiger partial charge in [-0.15, -0.1) is 11.3 Å². The van der Waals surface area contributed by atoms with Crippen molar-refractivity contribution in [2.24, 2.45) is 4.99 Å². The van der Waals surface area contributed by atoms with Gasteiger partial charge in [0.15, 0.2) is 11.1 Å². The van der Waals surface area contributed by atoms with E-state index in [0.29, 0.717) is 11.8 Å². The Morgan fingerprint density at radius 2 is 1.92 bits per heavy atom. The van der Waals surface area contributed by atoms with Crippen LogP contribution in [0.2, 0.25) is 0 Å². The molecule has 0 bridgehead atoms. The largest absolute Gasteiger partial charge is 0.465 e. The highest BCUT2D eigenvalue weighted by Gasteiger charge is 2.12. The van der Waals surface area contributed by atoms with Gasteiger partial charge in [-0.3, -0.25) is 4.99 Å². The number of aryl methyl sites for hydroxylation is 1. The molecule has 0 radical (unpaired) electrons. The highest BCUT2D eigenvalue weighted by atomic mass is 32.1. The number of rotatable bonds is 5. The number of guanidine groups is 1. The molecule has 26 heavy (non-hydrogen) atoms. The van der Waals surface area contributed by atoms with Crippen molar-refractivity contribution in [3.05, 3.63) is 46.2 Å². The molecule has 3 heterocycles. The van der Waals surface area contributed by atoms with Gasteiger partial charge in [0, 0.05) is 23.8 Å². The van der Waals surface area contributed by atoms with E-state index in [1.54, 1.807) is 0 Å². The number of anilines is 1. The van der Waals surface area contributed by atoms with E-state index < -0.39 is 0 Å². The molecule has 3 aromatic rings. The van der Waals surface area contributed by atoms with Gasteiger partial charge in [-0.1, -0.05) is 41.2 Å². The average molecular weight is 386 g/mol. The lowest BCUT2D eigenvalue weighted by atomic mass is 10.2. The number of nitrogens with zero attached hydrogens (tertiary/aromatic N) is 3. The Labute approximate surface area is 160 Å². The molecule has 0 spiro atoms. The fourth-order valence-electron chi connectivity index (χ4n) is 2.44. The molecule has 0 unspecified atom stereocenters. The zero-order valence-corrected chi connectivity index (χ0v) is 16.0. The van der Waals surface area contributed by atoms with E-state index in [-0.39, 0.29) is 0 Å². The molecule has 134 valence electrons. The average Bonchev–Trinajstić information content (AvgIpc) is 3.31. The minimum atomic E-state index is 0.516. The van der Waals surface area contributed by atoms with E-state index in [9.17, 15) is 0 Å². The molecular formula is C18H19N5OS2. The van der Waals surface area contributed by atoms with Crippen LogP contribution in [0.3, 0.4) is 0 Å². The molecule has 2 aromatic heterocycles. The van der Waals surface area contributed by atoms with E-state index in [0.717, 1.165) is 47.6 Å². The van der Waals surface area contributed by atoms with Gasteiger partial charge in [-0.2, -0.15) is 0 Å². The van der Waals surface area contributed by atoms with Crippen LogP contribution in [-0.2, 0) is 6.61 Å². The molecular weight excluding hydrogens is 366 g/mol. The summed E-state index contributed by atoms with van der Waals surface area (Å²) in [6.07, 6.45) is 1.07. The highest BCUT2D eigenvalue weighted by Crippen LogP contribution is 2.29. The number of aliphatic imine (C=N–C) groups is 1. The molecule has 1 aromatic carbocycles. The predicted molar refractivity (Wildman–Crippen MR) is 107 cm³/mol. The molecule has 0 amide bonds. The molecule has 0 saturated heterocycles. The second-order valence-corrected chi connectivity index (χ2v) is 7.63. The number of nitrogens with one attached hydrogen (secondary N) is 2. The van der Waals surface area contributed by atoms with Crippen LogP contribution < -0.4 is 15.4 Å². The molecule has 4 rings (SSSR count). The Hall–Kier alpha value is -2.45. The molecule has 0 saturated carbocycles. The van der Waals surface area contributed by atoms with Crippen molar-refractivity contribution < 1.29 is 4.74 Å². The maximum atomic E-state index is 5.80.